The van der Waals surface area contributed by atoms with Gasteiger partial charge in [0.25, 0.3) is 5.56 Å². The Morgan fingerprint density at radius 1 is 1.75 bits per heavy atom. The smallest absolute Gasteiger partial charge is 0.251 e. The number of H-pyrrole nitrogens is 1. The first-order valence-corrected chi connectivity index (χ1v) is 2.42. The van der Waals surface area contributed by atoms with E-state index in [2.05, 4.69) is 22.6 Å². The maximum Gasteiger partial charge on any atom is 0.251 e. The zero-order chi connectivity index (χ0) is 5.98. The first kappa shape index (κ1) is 5.24. The van der Waals surface area contributed by atoms with Crippen LogP contribution in [0.1, 0.15) is 0 Å². The maximum absolute atomic E-state index is 10.3. The van der Waals surface area contributed by atoms with Crippen molar-refractivity contribution in [3.05, 3.63) is 22.6 Å². The van der Waals surface area contributed by atoms with Gasteiger partial charge < -0.3 is 0 Å². The van der Waals surface area contributed by atoms with E-state index in [9.17, 15) is 4.79 Å². The van der Waals surface area contributed by atoms with Gasteiger partial charge in [0.2, 0.25) is 0 Å². The van der Waals surface area contributed by atoms with Gasteiger partial charge in [0.1, 0.15) is 0 Å². The summed E-state index contributed by atoms with van der Waals surface area (Å²) < 4.78 is 0. The molecule has 1 aromatic rings. The van der Waals surface area contributed by atoms with E-state index in [1.54, 1.807) is 0 Å². The van der Waals surface area contributed by atoms with Gasteiger partial charge in [-0.05, 0) is 12.6 Å². The van der Waals surface area contributed by atoms with E-state index in [0.29, 0.717) is 0 Å². The van der Waals surface area contributed by atoms with Gasteiger partial charge in [0, 0.05) is 12.3 Å². The molecule has 1 heterocycles. The molecule has 0 atom stereocenters. The summed E-state index contributed by atoms with van der Waals surface area (Å²) in [5.41, 5.74) is -0.204. The average molecular weight is 127 g/mol. The highest BCUT2D eigenvalue weighted by atomic mass is 32.1. The van der Waals surface area contributed by atoms with Gasteiger partial charge in [-0.25, -0.2) is 4.98 Å². The molecule has 0 unspecified atom stereocenters. The monoisotopic (exact) mass is 127 g/mol. The Bertz CT molecular complexity index is 231. The summed E-state index contributed by atoms with van der Waals surface area (Å²) in [7, 11) is 0. The molecule has 0 aliphatic rings. The molecule has 1 aromatic heterocycles. The Morgan fingerprint density at radius 2 is 2.50 bits per heavy atom. The topological polar surface area (TPSA) is 45.8 Å². The van der Waals surface area contributed by atoms with E-state index in [4.69, 9.17) is 0 Å². The lowest BCUT2D eigenvalue weighted by Gasteiger charge is -1.81. The van der Waals surface area contributed by atoms with Crippen molar-refractivity contribution in [1.82, 2.24) is 9.97 Å². The molecule has 4 heteroatoms. The zero-order valence-corrected chi connectivity index (χ0v) is 4.73. The molecule has 8 heavy (non-hydrogen) atoms. The minimum absolute atomic E-state index is 0.204. The number of nitrogens with zero attached hydrogens (tertiary/aromatic N) is 1. The largest absolute Gasteiger partial charge is 0.298 e. The third-order valence-corrected chi connectivity index (χ3v) is 0.855. The molecule has 0 aromatic carbocycles. The molecule has 1 N–H and O–H groups in total. The molecule has 0 amide bonds. The van der Waals surface area contributed by atoms with E-state index in [0.717, 1.165) is 0 Å². The summed E-state index contributed by atoms with van der Waals surface area (Å²) in [4.78, 5) is 16.2. The Kier molecular flexibility index (Phi) is 1.26. The molecule has 0 bridgehead atoms. The van der Waals surface area contributed by atoms with Crippen LogP contribution in [0.15, 0.2) is 22.2 Å². The van der Waals surface area contributed by atoms with Crippen LogP contribution in [-0.2, 0) is 0 Å². The van der Waals surface area contributed by atoms with Crippen molar-refractivity contribution in [3.63, 3.8) is 0 Å². The summed E-state index contributed by atoms with van der Waals surface area (Å²) in [6.07, 6.45) is 1.38. The molecule has 1 radical (unpaired) electrons. The van der Waals surface area contributed by atoms with Crippen LogP contribution >= 0.6 is 12.6 Å². The highest BCUT2D eigenvalue weighted by Crippen LogP contribution is 1.85. The second kappa shape index (κ2) is 1.92. The number of aromatic nitrogens is 2. The summed E-state index contributed by atoms with van der Waals surface area (Å²) in [5, 5.41) is 0.234. The zero-order valence-electron chi connectivity index (χ0n) is 3.92. The quantitative estimate of drug-likeness (QED) is 0.510. The van der Waals surface area contributed by atoms with Crippen LogP contribution in [0, 0.1) is 0 Å². The number of rotatable bonds is 0. The van der Waals surface area contributed by atoms with Crippen molar-refractivity contribution < 1.29 is 0 Å². The predicted molar refractivity (Wildman–Crippen MR) is 30.7 cm³/mol. The normalized spacial score (nSPS) is 9.00. The maximum atomic E-state index is 10.3. The summed E-state index contributed by atoms with van der Waals surface area (Å²) in [6.45, 7) is 0. The highest BCUT2D eigenvalue weighted by Gasteiger charge is 1.83. The fourth-order valence-corrected chi connectivity index (χ4v) is 0.513. The second-order valence-electron chi connectivity index (χ2n) is 1.24. The molecule has 0 saturated heterocycles. The summed E-state index contributed by atoms with van der Waals surface area (Å²) in [5.74, 6) is 0. The molecule has 0 aliphatic heterocycles. The van der Waals surface area contributed by atoms with Gasteiger partial charge in [0.15, 0.2) is 5.16 Å². The van der Waals surface area contributed by atoms with Crippen molar-refractivity contribution in [3.8, 4) is 0 Å². The van der Waals surface area contributed by atoms with Gasteiger partial charge in [-0.2, -0.15) is 0 Å². The number of aromatic amines is 1. The summed E-state index contributed by atoms with van der Waals surface area (Å²) >= 11 is 4.53. The average Bonchev–Trinajstić information content (AvgIpc) is 1.64. The molecule has 41 valence electrons. The van der Waals surface area contributed by atoms with Gasteiger partial charge in [-0.15, -0.1) is 0 Å². The van der Waals surface area contributed by atoms with Crippen LogP contribution in [0.2, 0.25) is 0 Å². The standard InChI is InChI=1S/C4H3N2OS/c7-3-1-2-5-4(8)6-3/h1-2H,(H,5,6,7). The number of hydrogen-bond acceptors (Lipinski definition) is 2. The van der Waals surface area contributed by atoms with E-state index in [-0.39, 0.29) is 10.7 Å². The fraction of sp³-hybridized carbons (Fsp3) is 0. The Morgan fingerprint density at radius 3 is 2.88 bits per heavy atom. The molecule has 0 saturated carbocycles. The van der Waals surface area contributed by atoms with Crippen molar-refractivity contribution >= 4 is 12.6 Å². The second-order valence-corrected chi connectivity index (χ2v) is 1.63. The van der Waals surface area contributed by atoms with E-state index < -0.39 is 0 Å². The van der Waals surface area contributed by atoms with Crippen LogP contribution in [-0.4, -0.2) is 9.97 Å². The number of nitrogens with one attached hydrogen (secondary N) is 1. The van der Waals surface area contributed by atoms with Crippen LogP contribution < -0.4 is 5.56 Å². The Balaban J connectivity index is 3.28. The predicted octanol–water partition coefficient (Wildman–Crippen LogP) is 0.326. The minimum atomic E-state index is -0.204. The lowest BCUT2D eigenvalue weighted by Crippen LogP contribution is -2.03. The molecule has 3 nitrogen and oxygen atoms in total. The van der Waals surface area contributed by atoms with Crippen LogP contribution in [0.25, 0.3) is 0 Å². The van der Waals surface area contributed by atoms with E-state index in [1.165, 1.54) is 12.3 Å². The lowest BCUT2D eigenvalue weighted by molar-refractivity contribution is 0.943. The van der Waals surface area contributed by atoms with Gasteiger partial charge in [0.05, 0.1) is 0 Å². The first-order valence-electron chi connectivity index (χ1n) is 2.01. The lowest BCUT2D eigenvalue weighted by atomic mass is 10.7. The Hall–Kier alpha value is -0.900. The molecule has 0 fully saturated rings. The third-order valence-electron chi connectivity index (χ3n) is 0.648. The van der Waals surface area contributed by atoms with Crippen LogP contribution in [0.3, 0.4) is 0 Å². The SMILES string of the molecule is O=c1ccnc([S])[nH]1. The number of hydrogen-bond donors (Lipinski definition) is 1. The molecular formula is C4H3N2OS. The van der Waals surface area contributed by atoms with Crippen molar-refractivity contribution in [1.29, 1.82) is 0 Å². The third kappa shape index (κ3) is 1.04. The molecule has 1 rings (SSSR count). The molecule has 0 spiro atoms. The van der Waals surface area contributed by atoms with E-state index >= 15 is 0 Å². The molecular weight excluding hydrogens is 124 g/mol. The Labute approximate surface area is 51.2 Å². The molecule has 0 aliphatic carbocycles. The fourth-order valence-electron chi connectivity index (χ4n) is 0.352. The first-order chi connectivity index (χ1) is 3.79. The van der Waals surface area contributed by atoms with Crippen LogP contribution in [0.4, 0.5) is 0 Å². The summed E-state index contributed by atoms with van der Waals surface area (Å²) in [6, 6.07) is 1.32. The highest BCUT2D eigenvalue weighted by molar-refractivity contribution is 7.80. The van der Waals surface area contributed by atoms with Gasteiger partial charge in [-0.3, -0.25) is 9.78 Å². The van der Waals surface area contributed by atoms with Crippen molar-refractivity contribution in [2.75, 3.05) is 0 Å². The van der Waals surface area contributed by atoms with Crippen molar-refractivity contribution in [2.45, 2.75) is 5.16 Å². The van der Waals surface area contributed by atoms with Crippen LogP contribution in [0.5, 0.6) is 0 Å². The minimum Gasteiger partial charge on any atom is -0.298 e. The van der Waals surface area contributed by atoms with E-state index in [1.807, 2.05) is 0 Å². The van der Waals surface area contributed by atoms with Gasteiger partial charge >= 0.3 is 0 Å². The van der Waals surface area contributed by atoms with Crippen molar-refractivity contribution in [2.24, 2.45) is 0 Å². The van der Waals surface area contributed by atoms with Gasteiger partial charge in [-0.1, -0.05) is 0 Å².